The average Bonchev–Trinajstić information content (AvgIpc) is 2.96. The highest BCUT2D eigenvalue weighted by Gasteiger charge is 2.50. The summed E-state index contributed by atoms with van der Waals surface area (Å²) >= 11 is 0. The first-order valence-corrected chi connectivity index (χ1v) is 12.5. The quantitative estimate of drug-likeness (QED) is 0.756. The molecule has 5 heteroatoms. The molecule has 0 radical (unpaired) electrons. The molecule has 3 rings (SSSR count). The van der Waals surface area contributed by atoms with Gasteiger partial charge < -0.3 is 19.0 Å². The molecule has 4 nitrogen and oxygen atoms in total. The minimum atomic E-state index is -2.04. The summed E-state index contributed by atoms with van der Waals surface area (Å²) < 4.78 is 18.9. The van der Waals surface area contributed by atoms with Crippen molar-refractivity contribution in [3.05, 3.63) is 48.0 Å². The van der Waals surface area contributed by atoms with E-state index in [1.165, 1.54) is 5.39 Å². The molecular formula is C22H32O4Si. The van der Waals surface area contributed by atoms with Crippen LogP contribution in [0.15, 0.2) is 42.5 Å². The molecule has 1 heterocycles. The Hall–Kier alpha value is -1.24. The standard InChI is InChI=1S/C22H32O4Si/c1-22(2,3)27(5,6)26-20-18(14-23)25-19(21(20)24-4)17-13-9-11-15-10-7-8-12-16(15)17/h7-13,18-21,23H,14H2,1-6H3/t18-,19+,20?,21+/m1/s1. The number of hydrogen-bond donors (Lipinski definition) is 1. The van der Waals surface area contributed by atoms with E-state index in [0.29, 0.717) is 0 Å². The number of methoxy groups -OCH3 is 1. The second-order valence-electron chi connectivity index (χ2n) is 8.89. The molecule has 0 spiro atoms. The van der Waals surface area contributed by atoms with Crippen molar-refractivity contribution in [1.29, 1.82) is 0 Å². The van der Waals surface area contributed by atoms with Crippen molar-refractivity contribution in [3.8, 4) is 0 Å². The Balaban J connectivity index is 1.98. The second-order valence-corrected chi connectivity index (χ2v) is 13.6. The van der Waals surface area contributed by atoms with Crippen LogP contribution in [0.25, 0.3) is 10.8 Å². The minimum Gasteiger partial charge on any atom is -0.408 e. The zero-order valence-electron chi connectivity index (χ0n) is 17.2. The molecule has 0 bridgehead atoms. The summed E-state index contributed by atoms with van der Waals surface area (Å²) in [6.45, 7) is 11.0. The van der Waals surface area contributed by atoms with Crippen molar-refractivity contribution in [2.45, 2.75) is 63.3 Å². The van der Waals surface area contributed by atoms with Gasteiger partial charge in [0.2, 0.25) is 0 Å². The lowest BCUT2D eigenvalue weighted by Crippen LogP contribution is -2.50. The Morgan fingerprint density at radius 2 is 1.70 bits per heavy atom. The van der Waals surface area contributed by atoms with Crippen molar-refractivity contribution in [1.82, 2.24) is 0 Å². The highest BCUT2D eigenvalue weighted by Crippen LogP contribution is 2.44. The third-order valence-corrected chi connectivity index (χ3v) is 10.6. The topological polar surface area (TPSA) is 47.9 Å². The van der Waals surface area contributed by atoms with Gasteiger partial charge in [0.05, 0.1) is 6.61 Å². The van der Waals surface area contributed by atoms with Gasteiger partial charge in [-0.25, -0.2) is 0 Å². The van der Waals surface area contributed by atoms with Crippen molar-refractivity contribution in [2.75, 3.05) is 13.7 Å². The number of hydrogen-bond acceptors (Lipinski definition) is 4. The van der Waals surface area contributed by atoms with Gasteiger partial charge in [-0.3, -0.25) is 0 Å². The van der Waals surface area contributed by atoms with Gasteiger partial charge in [0.15, 0.2) is 8.32 Å². The van der Waals surface area contributed by atoms with E-state index in [2.05, 4.69) is 58.1 Å². The third kappa shape index (κ3) is 3.84. The Morgan fingerprint density at radius 3 is 2.33 bits per heavy atom. The Bertz CT molecular complexity index is 778. The van der Waals surface area contributed by atoms with Gasteiger partial charge in [-0.05, 0) is 34.5 Å². The maximum atomic E-state index is 9.98. The summed E-state index contributed by atoms with van der Waals surface area (Å²) in [5.74, 6) is 0. The number of aliphatic hydroxyl groups is 1. The molecule has 1 N–H and O–H groups in total. The van der Waals surface area contributed by atoms with Crippen LogP contribution in [0.4, 0.5) is 0 Å². The lowest BCUT2D eigenvalue weighted by Gasteiger charge is -2.40. The highest BCUT2D eigenvalue weighted by molar-refractivity contribution is 6.74. The van der Waals surface area contributed by atoms with E-state index in [4.69, 9.17) is 13.9 Å². The van der Waals surface area contributed by atoms with Gasteiger partial charge in [0.25, 0.3) is 0 Å². The number of benzene rings is 2. The van der Waals surface area contributed by atoms with Crippen molar-refractivity contribution in [2.24, 2.45) is 0 Å². The zero-order valence-corrected chi connectivity index (χ0v) is 18.2. The number of rotatable bonds is 5. The fourth-order valence-corrected chi connectivity index (χ4v) is 4.86. The minimum absolute atomic E-state index is 0.0722. The van der Waals surface area contributed by atoms with Crippen LogP contribution in [0.1, 0.15) is 32.4 Å². The molecule has 0 amide bonds. The smallest absolute Gasteiger partial charge is 0.192 e. The zero-order chi connectivity index (χ0) is 19.8. The SMILES string of the molecule is CO[C@@H]1C(O[Si](C)(C)C(C)(C)C)[C@@H](CO)O[C@H]1c1cccc2ccccc12. The Morgan fingerprint density at radius 1 is 1.04 bits per heavy atom. The van der Waals surface area contributed by atoms with E-state index in [1.54, 1.807) is 7.11 Å². The number of aliphatic hydroxyl groups excluding tert-OH is 1. The van der Waals surface area contributed by atoms with Crippen LogP contribution in [0, 0.1) is 0 Å². The van der Waals surface area contributed by atoms with Crippen LogP contribution in [0.3, 0.4) is 0 Å². The maximum absolute atomic E-state index is 9.98. The van der Waals surface area contributed by atoms with Crippen LogP contribution in [-0.4, -0.2) is 45.5 Å². The van der Waals surface area contributed by atoms with Crippen LogP contribution >= 0.6 is 0 Å². The third-order valence-electron chi connectivity index (χ3n) is 6.13. The molecular weight excluding hydrogens is 356 g/mol. The first kappa shape index (κ1) is 20.5. The fraction of sp³-hybridized carbons (Fsp3) is 0.545. The first-order valence-electron chi connectivity index (χ1n) is 9.64. The molecule has 148 valence electrons. The molecule has 0 aliphatic carbocycles. The summed E-state index contributed by atoms with van der Waals surface area (Å²) in [6, 6.07) is 14.5. The molecule has 1 fully saturated rings. The van der Waals surface area contributed by atoms with Crippen LogP contribution in [0.2, 0.25) is 18.1 Å². The van der Waals surface area contributed by atoms with E-state index in [1.807, 2.05) is 18.2 Å². The maximum Gasteiger partial charge on any atom is 0.192 e. The summed E-state index contributed by atoms with van der Waals surface area (Å²) in [5, 5.41) is 12.4. The van der Waals surface area contributed by atoms with Gasteiger partial charge in [-0.1, -0.05) is 63.2 Å². The van der Waals surface area contributed by atoms with Crippen LogP contribution < -0.4 is 0 Å². The number of fused-ring (bicyclic) bond motifs is 1. The van der Waals surface area contributed by atoms with Crippen LogP contribution in [-0.2, 0) is 13.9 Å². The molecule has 27 heavy (non-hydrogen) atoms. The van der Waals surface area contributed by atoms with Gasteiger partial charge in [-0.15, -0.1) is 0 Å². The monoisotopic (exact) mass is 388 g/mol. The molecule has 2 aromatic carbocycles. The molecule has 2 aromatic rings. The lowest BCUT2D eigenvalue weighted by molar-refractivity contribution is -0.0217. The summed E-state index contributed by atoms with van der Waals surface area (Å²) in [6.07, 6.45) is -1.21. The fourth-order valence-electron chi connectivity index (χ4n) is 3.54. The van der Waals surface area contributed by atoms with E-state index in [0.717, 1.165) is 10.9 Å². The van der Waals surface area contributed by atoms with Gasteiger partial charge in [0.1, 0.15) is 24.4 Å². The molecule has 1 aliphatic heterocycles. The second kappa shape index (κ2) is 7.64. The molecule has 1 aliphatic rings. The Labute approximate surface area is 163 Å². The van der Waals surface area contributed by atoms with E-state index >= 15 is 0 Å². The summed E-state index contributed by atoms with van der Waals surface area (Å²) in [5.41, 5.74) is 1.08. The van der Waals surface area contributed by atoms with Gasteiger partial charge in [-0.2, -0.15) is 0 Å². The lowest BCUT2D eigenvalue weighted by atomic mass is 9.96. The summed E-state index contributed by atoms with van der Waals surface area (Å²) in [7, 11) is -0.339. The number of ether oxygens (including phenoxy) is 2. The van der Waals surface area contributed by atoms with E-state index in [9.17, 15) is 5.11 Å². The summed E-state index contributed by atoms with van der Waals surface area (Å²) in [4.78, 5) is 0. The average molecular weight is 389 g/mol. The van der Waals surface area contributed by atoms with Gasteiger partial charge in [0, 0.05) is 7.11 Å². The van der Waals surface area contributed by atoms with Crippen LogP contribution in [0.5, 0.6) is 0 Å². The molecule has 1 unspecified atom stereocenters. The highest BCUT2D eigenvalue weighted by atomic mass is 28.4. The predicted octanol–water partition coefficient (Wildman–Crippen LogP) is 4.68. The van der Waals surface area contributed by atoms with Crippen molar-refractivity contribution < 1.29 is 19.0 Å². The molecule has 0 saturated carbocycles. The Kier molecular flexibility index (Phi) is 5.80. The van der Waals surface area contributed by atoms with E-state index in [-0.39, 0.29) is 30.0 Å². The molecule has 1 saturated heterocycles. The van der Waals surface area contributed by atoms with Crippen molar-refractivity contribution in [3.63, 3.8) is 0 Å². The molecule has 0 aromatic heterocycles. The first-order chi connectivity index (χ1) is 12.7. The largest absolute Gasteiger partial charge is 0.408 e. The normalized spacial score (nSPS) is 26.6. The molecule has 4 atom stereocenters. The predicted molar refractivity (Wildman–Crippen MR) is 112 cm³/mol. The van der Waals surface area contributed by atoms with Crippen molar-refractivity contribution >= 4 is 19.1 Å². The van der Waals surface area contributed by atoms with E-state index < -0.39 is 14.4 Å². The van der Waals surface area contributed by atoms with Gasteiger partial charge >= 0.3 is 0 Å².